The summed E-state index contributed by atoms with van der Waals surface area (Å²) in [6, 6.07) is 5.98. The van der Waals surface area contributed by atoms with E-state index in [1.165, 1.54) is 0 Å². The number of dihydropyridines is 1. The van der Waals surface area contributed by atoms with Crippen molar-refractivity contribution in [1.82, 2.24) is 5.32 Å². The second-order valence-corrected chi connectivity index (χ2v) is 5.01. The smallest absolute Gasteiger partial charge is 0.128 e. The van der Waals surface area contributed by atoms with Gasteiger partial charge in [0.1, 0.15) is 11.5 Å². The van der Waals surface area contributed by atoms with E-state index in [-0.39, 0.29) is 0 Å². The van der Waals surface area contributed by atoms with Crippen molar-refractivity contribution in [2.45, 2.75) is 17.9 Å². The third-order valence-corrected chi connectivity index (χ3v) is 3.60. The highest BCUT2D eigenvalue weighted by Gasteiger charge is 2.07. The zero-order chi connectivity index (χ0) is 12.3. The Bertz CT molecular complexity index is 470. The number of hydrogen-bond donors (Lipinski definition) is 1. The Morgan fingerprint density at radius 3 is 2.94 bits per heavy atom. The van der Waals surface area contributed by atoms with Crippen LogP contribution in [0.1, 0.15) is 6.92 Å². The lowest BCUT2D eigenvalue weighted by molar-refractivity contribution is 0.433. The Balaban J connectivity index is 2.16. The van der Waals surface area contributed by atoms with E-state index in [4.69, 9.17) is 16.3 Å². The van der Waals surface area contributed by atoms with Gasteiger partial charge in [0.15, 0.2) is 0 Å². The van der Waals surface area contributed by atoms with Gasteiger partial charge in [-0.3, -0.25) is 0 Å². The zero-order valence-corrected chi connectivity index (χ0v) is 11.3. The van der Waals surface area contributed by atoms with Gasteiger partial charge in [-0.2, -0.15) is 0 Å². The van der Waals surface area contributed by atoms with Crippen molar-refractivity contribution in [1.29, 1.82) is 0 Å². The van der Waals surface area contributed by atoms with Crippen molar-refractivity contribution in [2.75, 3.05) is 6.26 Å². The highest BCUT2D eigenvalue weighted by Crippen LogP contribution is 2.30. The minimum atomic E-state index is 0.294. The zero-order valence-electron chi connectivity index (χ0n) is 9.74. The molecule has 2 rings (SSSR count). The lowest BCUT2D eigenvalue weighted by Gasteiger charge is -2.15. The van der Waals surface area contributed by atoms with Gasteiger partial charge in [-0.1, -0.05) is 11.6 Å². The molecule has 1 N–H and O–H groups in total. The van der Waals surface area contributed by atoms with Gasteiger partial charge < -0.3 is 10.1 Å². The van der Waals surface area contributed by atoms with Gasteiger partial charge in [0.2, 0.25) is 0 Å². The van der Waals surface area contributed by atoms with E-state index in [1.807, 2.05) is 42.8 Å². The van der Waals surface area contributed by atoms with E-state index in [9.17, 15) is 0 Å². The van der Waals surface area contributed by atoms with E-state index in [0.29, 0.717) is 6.04 Å². The Labute approximate surface area is 111 Å². The molecule has 0 aliphatic carbocycles. The number of thioether (sulfide) groups is 1. The lowest BCUT2D eigenvalue weighted by atomic mass is 10.2. The third-order valence-electron chi connectivity index (χ3n) is 2.38. The van der Waals surface area contributed by atoms with Crippen LogP contribution in [-0.2, 0) is 0 Å². The van der Waals surface area contributed by atoms with E-state index >= 15 is 0 Å². The van der Waals surface area contributed by atoms with Gasteiger partial charge in [-0.05, 0) is 43.5 Å². The molecule has 0 saturated carbocycles. The van der Waals surface area contributed by atoms with E-state index in [1.54, 1.807) is 11.8 Å². The summed E-state index contributed by atoms with van der Waals surface area (Å²) in [5.74, 6) is 1.66. The van der Waals surface area contributed by atoms with Crippen molar-refractivity contribution < 1.29 is 4.74 Å². The predicted octanol–water partition coefficient (Wildman–Crippen LogP) is 3.83. The summed E-state index contributed by atoms with van der Waals surface area (Å²) < 4.78 is 5.79. The number of benzene rings is 1. The molecule has 1 aromatic rings. The molecule has 4 heteroatoms. The Kier molecular flexibility index (Phi) is 4.02. The van der Waals surface area contributed by atoms with Crippen molar-refractivity contribution in [3.05, 3.63) is 47.3 Å². The normalized spacial score (nSPS) is 18.5. The maximum Gasteiger partial charge on any atom is 0.128 e. The summed E-state index contributed by atoms with van der Waals surface area (Å²) in [5, 5.41) is 3.92. The first kappa shape index (κ1) is 12.4. The molecule has 1 aromatic carbocycles. The van der Waals surface area contributed by atoms with Crippen molar-refractivity contribution >= 4 is 23.4 Å². The molecule has 0 spiro atoms. The molecule has 0 amide bonds. The fraction of sp³-hybridized carbons (Fsp3) is 0.231. The number of rotatable bonds is 3. The summed E-state index contributed by atoms with van der Waals surface area (Å²) in [7, 11) is 0. The molecular formula is C13H14ClNOS. The van der Waals surface area contributed by atoms with Gasteiger partial charge in [0.05, 0.1) is 5.02 Å². The van der Waals surface area contributed by atoms with Crippen LogP contribution in [0.15, 0.2) is 47.2 Å². The molecule has 0 saturated heterocycles. The number of ether oxygens (including phenoxy) is 1. The minimum absolute atomic E-state index is 0.294. The molecule has 17 heavy (non-hydrogen) atoms. The van der Waals surface area contributed by atoms with Gasteiger partial charge in [0.25, 0.3) is 0 Å². The number of nitrogens with one attached hydrogen (secondary N) is 1. The molecular weight excluding hydrogens is 254 g/mol. The summed E-state index contributed by atoms with van der Waals surface area (Å²) in [6.45, 7) is 2.07. The molecule has 1 aliphatic heterocycles. The summed E-state index contributed by atoms with van der Waals surface area (Å²) in [5.41, 5.74) is 0. The lowest BCUT2D eigenvalue weighted by Crippen LogP contribution is -2.21. The summed E-state index contributed by atoms with van der Waals surface area (Å²) in [6.07, 6.45) is 7.84. The first-order valence-corrected chi connectivity index (χ1v) is 6.95. The standard InChI is InChI=1S/C13H14ClNOS/c1-9-7-11(5-6-15-9)16-10-3-4-12(14)13(8-10)17-2/h3-9,15H,1-2H3. The first-order valence-electron chi connectivity index (χ1n) is 5.35. The van der Waals surface area contributed by atoms with Crippen LogP contribution in [0.2, 0.25) is 5.02 Å². The molecule has 90 valence electrons. The average molecular weight is 268 g/mol. The number of hydrogen-bond acceptors (Lipinski definition) is 3. The minimum Gasteiger partial charge on any atom is -0.458 e. The molecule has 1 aliphatic rings. The molecule has 1 heterocycles. The third kappa shape index (κ3) is 3.20. The van der Waals surface area contributed by atoms with Crippen LogP contribution in [-0.4, -0.2) is 12.3 Å². The van der Waals surface area contributed by atoms with Crippen LogP contribution in [0.3, 0.4) is 0 Å². The number of allylic oxidation sites excluding steroid dienone is 1. The molecule has 1 unspecified atom stereocenters. The van der Waals surface area contributed by atoms with Crippen LogP contribution in [0.25, 0.3) is 0 Å². The van der Waals surface area contributed by atoms with Gasteiger partial charge in [-0.15, -0.1) is 11.8 Å². The fourth-order valence-corrected chi connectivity index (χ4v) is 2.39. The molecule has 0 aromatic heterocycles. The molecule has 2 nitrogen and oxygen atoms in total. The molecule has 0 radical (unpaired) electrons. The monoisotopic (exact) mass is 267 g/mol. The molecule has 1 atom stereocenters. The Morgan fingerprint density at radius 2 is 2.24 bits per heavy atom. The average Bonchev–Trinajstić information content (AvgIpc) is 2.32. The summed E-state index contributed by atoms with van der Waals surface area (Å²) >= 11 is 7.66. The Morgan fingerprint density at radius 1 is 1.41 bits per heavy atom. The molecule has 0 fully saturated rings. The van der Waals surface area contributed by atoms with Crippen LogP contribution in [0.4, 0.5) is 0 Å². The maximum atomic E-state index is 6.05. The van der Waals surface area contributed by atoms with Gasteiger partial charge in [0, 0.05) is 17.1 Å². The summed E-state index contributed by atoms with van der Waals surface area (Å²) in [4.78, 5) is 1.02. The first-order chi connectivity index (χ1) is 8.19. The fourth-order valence-electron chi connectivity index (χ4n) is 1.54. The predicted molar refractivity (Wildman–Crippen MR) is 73.7 cm³/mol. The van der Waals surface area contributed by atoms with Crippen molar-refractivity contribution in [3.8, 4) is 5.75 Å². The second-order valence-electron chi connectivity index (χ2n) is 3.76. The largest absolute Gasteiger partial charge is 0.458 e. The van der Waals surface area contributed by atoms with Gasteiger partial charge >= 0.3 is 0 Å². The van der Waals surface area contributed by atoms with Crippen LogP contribution in [0.5, 0.6) is 5.75 Å². The van der Waals surface area contributed by atoms with E-state index < -0.39 is 0 Å². The maximum absolute atomic E-state index is 6.05. The van der Waals surface area contributed by atoms with E-state index in [2.05, 4.69) is 12.2 Å². The highest BCUT2D eigenvalue weighted by atomic mass is 35.5. The van der Waals surface area contributed by atoms with Gasteiger partial charge in [-0.25, -0.2) is 0 Å². The SMILES string of the molecule is CSc1cc(OC2=CC(C)NC=C2)ccc1Cl. The van der Waals surface area contributed by atoms with Crippen LogP contribution >= 0.6 is 23.4 Å². The van der Waals surface area contributed by atoms with E-state index in [0.717, 1.165) is 21.4 Å². The second kappa shape index (κ2) is 5.52. The van der Waals surface area contributed by atoms with Crippen LogP contribution < -0.4 is 10.1 Å². The van der Waals surface area contributed by atoms with Crippen molar-refractivity contribution in [2.24, 2.45) is 0 Å². The molecule has 0 bridgehead atoms. The quantitative estimate of drug-likeness (QED) is 0.841. The number of halogens is 1. The highest BCUT2D eigenvalue weighted by molar-refractivity contribution is 7.98. The Hall–Kier alpha value is -1.06. The topological polar surface area (TPSA) is 21.3 Å². The van der Waals surface area contributed by atoms with Crippen molar-refractivity contribution in [3.63, 3.8) is 0 Å². The van der Waals surface area contributed by atoms with Crippen LogP contribution in [0, 0.1) is 0 Å².